The van der Waals surface area contributed by atoms with E-state index in [-0.39, 0.29) is 23.5 Å². The van der Waals surface area contributed by atoms with Crippen molar-refractivity contribution in [2.24, 2.45) is 13.0 Å². The standard InChI is InChI=1S/C17H22N6O3/c1-22-8-7-18-15(16(22)24)21-17(25)20-12-5-9-26-14(12)13-4-6-19-23(13)10-11-2-3-11/h4,6-8,11-12,14H,2-3,5,9-10H2,1H3,(H2,18,20,21,25)/t12-,14-/m1/s1. The molecule has 1 aliphatic heterocycles. The van der Waals surface area contributed by atoms with Crippen molar-refractivity contribution in [1.82, 2.24) is 24.6 Å². The Kier molecular flexibility index (Phi) is 4.46. The van der Waals surface area contributed by atoms with Gasteiger partial charge in [-0.3, -0.25) is 14.8 Å². The van der Waals surface area contributed by atoms with E-state index in [0.717, 1.165) is 12.2 Å². The number of hydrogen-bond donors (Lipinski definition) is 2. The third kappa shape index (κ3) is 3.48. The second kappa shape index (κ2) is 6.91. The lowest BCUT2D eigenvalue weighted by Crippen LogP contribution is -2.41. The number of aryl methyl sites for hydroxylation is 1. The zero-order valence-electron chi connectivity index (χ0n) is 14.6. The Morgan fingerprint density at radius 1 is 1.35 bits per heavy atom. The van der Waals surface area contributed by atoms with Gasteiger partial charge >= 0.3 is 6.03 Å². The van der Waals surface area contributed by atoms with Crippen molar-refractivity contribution in [3.05, 3.63) is 40.7 Å². The van der Waals surface area contributed by atoms with Gasteiger partial charge in [0.2, 0.25) is 5.82 Å². The van der Waals surface area contributed by atoms with Crippen molar-refractivity contribution in [2.45, 2.75) is 38.0 Å². The van der Waals surface area contributed by atoms with Crippen LogP contribution in [0.4, 0.5) is 10.6 Å². The van der Waals surface area contributed by atoms with Gasteiger partial charge in [0.05, 0.1) is 11.7 Å². The monoisotopic (exact) mass is 358 g/mol. The Bertz CT molecular complexity index is 856. The Labute approximate surface area is 150 Å². The molecular formula is C17H22N6O3. The van der Waals surface area contributed by atoms with Crippen LogP contribution >= 0.6 is 0 Å². The molecule has 2 N–H and O–H groups in total. The van der Waals surface area contributed by atoms with Gasteiger partial charge in [0.15, 0.2) is 0 Å². The second-order valence-electron chi connectivity index (χ2n) is 6.86. The number of aromatic nitrogens is 4. The predicted molar refractivity (Wildman–Crippen MR) is 93.7 cm³/mol. The lowest BCUT2D eigenvalue weighted by atomic mass is 10.1. The van der Waals surface area contributed by atoms with E-state index in [2.05, 4.69) is 20.7 Å². The van der Waals surface area contributed by atoms with Crippen LogP contribution in [0.2, 0.25) is 0 Å². The van der Waals surface area contributed by atoms with Gasteiger partial charge in [-0.15, -0.1) is 0 Å². The van der Waals surface area contributed by atoms with Crippen molar-refractivity contribution < 1.29 is 9.53 Å². The molecule has 0 unspecified atom stereocenters. The highest BCUT2D eigenvalue weighted by molar-refractivity contribution is 5.88. The fourth-order valence-corrected chi connectivity index (χ4v) is 3.21. The molecule has 9 heteroatoms. The molecular weight excluding hydrogens is 336 g/mol. The maximum absolute atomic E-state index is 12.3. The first kappa shape index (κ1) is 16.8. The Morgan fingerprint density at radius 2 is 2.19 bits per heavy atom. The Morgan fingerprint density at radius 3 is 3.00 bits per heavy atom. The molecule has 1 saturated heterocycles. The number of carbonyl (C=O) groups excluding carboxylic acids is 1. The summed E-state index contributed by atoms with van der Waals surface area (Å²) >= 11 is 0. The van der Waals surface area contributed by atoms with Crippen LogP contribution in [0.25, 0.3) is 0 Å². The van der Waals surface area contributed by atoms with Crippen molar-refractivity contribution >= 4 is 11.8 Å². The van der Waals surface area contributed by atoms with Crippen LogP contribution in [0.3, 0.4) is 0 Å². The summed E-state index contributed by atoms with van der Waals surface area (Å²) in [6, 6.07) is 1.30. The fourth-order valence-electron chi connectivity index (χ4n) is 3.21. The molecule has 2 fully saturated rings. The summed E-state index contributed by atoms with van der Waals surface area (Å²) in [5.41, 5.74) is 0.623. The Hall–Kier alpha value is -2.68. The van der Waals surface area contributed by atoms with Gasteiger partial charge in [0.25, 0.3) is 5.56 Å². The molecule has 0 spiro atoms. The first-order valence-electron chi connectivity index (χ1n) is 8.84. The minimum atomic E-state index is -0.463. The third-order valence-electron chi connectivity index (χ3n) is 4.83. The molecule has 1 saturated carbocycles. The lowest BCUT2D eigenvalue weighted by molar-refractivity contribution is 0.0926. The minimum absolute atomic E-state index is 0.00161. The van der Waals surface area contributed by atoms with E-state index in [1.54, 1.807) is 13.2 Å². The van der Waals surface area contributed by atoms with Crippen LogP contribution in [-0.4, -0.2) is 38.0 Å². The van der Waals surface area contributed by atoms with Crippen molar-refractivity contribution in [1.29, 1.82) is 0 Å². The molecule has 3 heterocycles. The number of urea groups is 1. The van der Waals surface area contributed by atoms with E-state index < -0.39 is 6.03 Å². The number of carbonyl (C=O) groups is 1. The zero-order valence-corrected chi connectivity index (χ0v) is 14.6. The van der Waals surface area contributed by atoms with Crippen LogP contribution in [0, 0.1) is 5.92 Å². The van der Waals surface area contributed by atoms with Crippen LogP contribution in [-0.2, 0) is 18.3 Å². The van der Waals surface area contributed by atoms with E-state index in [1.807, 2.05) is 10.7 Å². The van der Waals surface area contributed by atoms with Crippen LogP contribution in [0.5, 0.6) is 0 Å². The summed E-state index contributed by atoms with van der Waals surface area (Å²) in [4.78, 5) is 28.2. The summed E-state index contributed by atoms with van der Waals surface area (Å²) in [5.74, 6) is 0.701. The van der Waals surface area contributed by atoms with Crippen molar-refractivity contribution in [3.63, 3.8) is 0 Å². The quantitative estimate of drug-likeness (QED) is 0.831. The highest BCUT2D eigenvalue weighted by Crippen LogP contribution is 2.34. The maximum Gasteiger partial charge on any atom is 0.320 e. The van der Waals surface area contributed by atoms with E-state index in [0.29, 0.717) is 18.9 Å². The van der Waals surface area contributed by atoms with Gasteiger partial charge < -0.3 is 14.6 Å². The highest BCUT2D eigenvalue weighted by Gasteiger charge is 2.34. The van der Waals surface area contributed by atoms with Gasteiger partial charge in [0.1, 0.15) is 6.10 Å². The zero-order chi connectivity index (χ0) is 18.1. The number of ether oxygens (including phenoxy) is 1. The molecule has 26 heavy (non-hydrogen) atoms. The number of nitrogens with zero attached hydrogens (tertiary/aromatic N) is 4. The fraction of sp³-hybridized carbons (Fsp3) is 0.529. The van der Waals surface area contributed by atoms with Gasteiger partial charge in [-0.1, -0.05) is 0 Å². The van der Waals surface area contributed by atoms with E-state index >= 15 is 0 Å². The number of anilines is 1. The summed E-state index contributed by atoms with van der Waals surface area (Å²) in [6.45, 7) is 1.46. The molecule has 2 atom stereocenters. The van der Waals surface area contributed by atoms with E-state index in [9.17, 15) is 9.59 Å². The molecule has 0 radical (unpaired) electrons. The molecule has 0 aromatic carbocycles. The summed E-state index contributed by atoms with van der Waals surface area (Å²) in [5, 5.41) is 9.83. The number of rotatable bonds is 5. The smallest absolute Gasteiger partial charge is 0.320 e. The Balaban J connectivity index is 1.43. The van der Waals surface area contributed by atoms with E-state index in [4.69, 9.17) is 4.74 Å². The van der Waals surface area contributed by atoms with Crippen LogP contribution in [0.15, 0.2) is 29.5 Å². The molecule has 2 aliphatic rings. The predicted octanol–water partition coefficient (Wildman–Crippen LogP) is 1.04. The van der Waals surface area contributed by atoms with Crippen LogP contribution in [0.1, 0.15) is 31.1 Å². The highest BCUT2D eigenvalue weighted by atomic mass is 16.5. The molecule has 0 bridgehead atoms. The lowest BCUT2D eigenvalue weighted by Gasteiger charge is -2.21. The molecule has 138 valence electrons. The third-order valence-corrected chi connectivity index (χ3v) is 4.83. The minimum Gasteiger partial charge on any atom is -0.370 e. The molecule has 2 aromatic rings. The summed E-state index contributed by atoms with van der Waals surface area (Å²) < 4.78 is 9.20. The SMILES string of the molecule is Cn1ccnc(NC(=O)N[C@@H]2CCO[C@H]2c2ccnn2CC2CC2)c1=O. The van der Waals surface area contributed by atoms with Gasteiger partial charge in [-0.2, -0.15) is 5.10 Å². The molecule has 9 nitrogen and oxygen atoms in total. The topological polar surface area (TPSA) is 103 Å². The molecule has 2 amide bonds. The van der Waals surface area contributed by atoms with Crippen LogP contribution < -0.4 is 16.2 Å². The molecule has 1 aliphatic carbocycles. The number of amides is 2. The van der Waals surface area contributed by atoms with Gasteiger partial charge in [-0.05, 0) is 31.2 Å². The normalized spacial score (nSPS) is 22.3. The largest absolute Gasteiger partial charge is 0.370 e. The first-order valence-corrected chi connectivity index (χ1v) is 8.84. The second-order valence-corrected chi connectivity index (χ2v) is 6.86. The first-order chi connectivity index (χ1) is 12.6. The number of hydrogen-bond acceptors (Lipinski definition) is 5. The van der Waals surface area contributed by atoms with Crippen molar-refractivity contribution in [2.75, 3.05) is 11.9 Å². The number of nitrogens with one attached hydrogen (secondary N) is 2. The van der Waals surface area contributed by atoms with Gasteiger partial charge in [-0.25, -0.2) is 9.78 Å². The van der Waals surface area contributed by atoms with Gasteiger partial charge in [0, 0.05) is 38.8 Å². The van der Waals surface area contributed by atoms with E-state index in [1.165, 1.54) is 29.8 Å². The average molecular weight is 358 g/mol. The maximum atomic E-state index is 12.3. The van der Waals surface area contributed by atoms with Crippen molar-refractivity contribution in [3.8, 4) is 0 Å². The average Bonchev–Trinajstić information content (AvgIpc) is 3.11. The summed E-state index contributed by atoms with van der Waals surface area (Å²) in [7, 11) is 1.61. The summed E-state index contributed by atoms with van der Waals surface area (Å²) in [6.07, 6.45) is 7.72. The molecule has 4 rings (SSSR count). The molecule has 2 aromatic heterocycles.